The molecule has 0 bridgehead atoms. The van der Waals surface area contributed by atoms with Crippen LogP contribution in [0.5, 0.6) is 0 Å². The zero-order valence-electron chi connectivity index (χ0n) is 17.5. The first-order valence-corrected chi connectivity index (χ1v) is 9.94. The molecule has 12 nitrogen and oxygen atoms in total. The predicted molar refractivity (Wildman–Crippen MR) is 118 cm³/mol. The maximum Gasteiger partial charge on any atom is 0.162 e. The monoisotopic (exact) mass is 431 g/mol. The predicted octanol–water partition coefficient (Wildman–Crippen LogP) is 2.55. The maximum absolute atomic E-state index is 5.10. The van der Waals surface area contributed by atoms with Gasteiger partial charge in [-0.2, -0.15) is 15.3 Å². The number of nitrogens with zero attached hydrogens (tertiary/aromatic N) is 8. The number of aryl methyl sites for hydroxylation is 1. The highest BCUT2D eigenvalue weighted by atomic mass is 16.5. The molecule has 0 atom stereocenters. The zero-order valence-corrected chi connectivity index (χ0v) is 17.5. The first-order valence-electron chi connectivity index (χ1n) is 9.94. The second kappa shape index (κ2) is 8.43. The van der Waals surface area contributed by atoms with Crippen LogP contribution in [-0.4, -0.2) is 58.3 Å². The average Bonchev–Trinajstić information content (AvgIpc) is 3.52. The van der Waals surface area contributed by atoms with Crippen molar-refractivity contribution in [3.63, 3.8) is 0 Å². The number of rotatable bonds is 8. The summed E-state index contributed by atoms with van der Waals surface area (Å²) in [7, 11) is 1.66. The van der Waals surface area contributed by atoms with Crippen LogP contribution in [0.2, 0.25) is 0 Å². The molecule has 0 unspecified atom stereocenters. The fraction of sp³-hybridized carbons (Fsp3) is 0.200. The number of hydrogen-bond donors (Lipinski definition) is 3. The van der Waals surface area contributed by atoms with Gasteiger partial charge in [0.1, 0.15) is 23.2 Å². The molecule has 0 saturated heterocycles. The van der Waals surface area contributed by atoms with Crippen LogP contribution < -0.4 is 10.6 Å². The molecule has 0 saturated carbocycles. The van der Waals surface area contributed by atoms with Gasteiger partial charge in [0.15, 0.2) is 11.5 Å². The summed E-state index contributed by atoms with van der Waals surface area (Å²) in [5.41, 5.74) is 2.88. The molecule has 5 rings (SSSR count). The van der Waals surface area contributed by atoms with Crippen LogP contribution in [0.3, 0.4) is 0 Å². The minimum atomic E-state index is 0.589. The summed E-state index contributed by atoms with van der Waals surface area (Å²) in [6, 6.07) is 7.40. The van der Waals surface area contributed by atoms with E-state index >= 15 is 0 Å². The van der Waals surface area contributed by atoms with Crippen molar-refractivity contribution in [3.8, 4) is 11.4 Å². The molecule has 5 heterocycles. The summed E-state index contributed by atoms with van der Waals surface area (Å²) in [4.78, 5) is 13.8. The Bertz CT molecular complexity index is 1340. The fourth-order valence-corrected chi connectivity index (χ4v) is 3.29. The van der Waals surface area contributed by atoms with Crippen molar-refractivity contribution in [1.29, 1.82) is 0 Å². The molecular formula is C20H21N11O. The van der Waals surface area contributed by atoms with Crippen molar-refractivity contribution in [2.75, 3.05) is 24.4 Å². The number of fused-ring (bicyclic) bond motifs is 1. The maximum atomic E-state index is 5.10. The Kier molecular flexibility index (Phi) is 5.17. The number of aromatic nitrogens is 9. The van der Waals surface area contributed by atoms with E-state index in [1.807, 2.05) is 42.1 Å². The van der Waals surface area contributed by atoms with Crippen molar-refractivity contribution in [2.24, 2.45) is 0 Å². The highest BCUT2D eigenvalue weighted by molar-refractivity contribution is 5.78. The van der Waals surface area contributed by atoms with E-state index in [0.29, 0.717) is 53.5 Å². The Balaban J connectivity index is 1.52. The van der Waals surface area contributed by atoms with Gasteiger partial charge in [-0.15, -0.1) is 0 Å². The van der Waals surface area contributed by atoms with Gasteiger partial charge >= 0.3 is 0 Å². The molecule has 0 amide bonds. The lowest BCUT2D eigenvalue weighted by molar-refractivity contribution is 0.183. The van der Waals surface area contributed by atoms with Gasteiger partial charge in [0.2, 0.25) is 0 Å². The lowest BCUT2D eigenvalue weighted by atomic mass is 10.2. The van der Waals surface area contributed by atoms with Gasteiger partial charge in [0.05, 0.1) is 36.9 Å². The number of imidazole rings is 1. The molecule has 0 aromatic carbocycles. The highest BCUT2D eigenvalue weighted by Gasteiger charge is 2.18. The summed E-state index contributed by atoms with van der Waals surface area (Å²) in [5.74, 6) is 2.55. The van der Waals surface area contributed by atoms with Gasteiger partial charge in [-0.3, -0.25) is 9.78 Å². The quantitative estimate of drug-likeness (QED) is 0.338. The number of anilines is 4. The molecular weight excluding hydrogens is 410 g/mol. The molecule has 5 aromatic rings. The van der Waals surface area contributed by atoms with Crippen molar-refractivity contribution in [3.05, 3.63) is 54.9 Å². The summed E-state index contributed by atoms with van der Waals surface area (Å²) >= 11 is 0. The summed E-state index contributed by atoms with van der Waals surface area (Å²) in [6.07, 6.45) is 7.02. The third-order valence-electron chi connectivity index (χ3n) is 4.66. The SMILES string of the molecule is COCCn1cc(Nc2cc(-c3c(Nc4ccn[nH]4)nc4cccnn34)nc(C)n2)cn1. The second-order valence-corrected chi connectivity index (χ2v) is 6.99. The van der Waals surface area contributed by atoms with Crippen molar-refractivity contribution in [1.82, 2.24) is 44.5 Å². The molecule has 0 radical (unpaired) electrons. The number of nitrogens with one attached hydrogen (secondary N) is 3. The molecule has 0 aliphatic heterocycles. The van der Waals surface area contributed by atoms with Gasteiger partial charge in [0, 0.05) is 31.6 Å². The molecule has 162 valence electrons. The molecule has 5 aromatic heterocycles. The van der Waals surface area contributed by atoms with Gasteiger partial charge in [-0.25, -0.2) is 19.5 Å². The average molecular weight is 431 g/mol. The lowest BCUT2D eigenvalue weighted by Gasteiger charge is -2.09. The first-order chi connectivity index (χ1) is 15.7. The van der Waals surface area contributed by atoms with Crippen LogP contribution in [0.15, 0.2) is 49.1 Å². The van der Waals surface area contributed by atoms with Crippen LogP contribution in [-0.2, 0) is 11.3 Å². The summed E-state index contributed by atoms with van der Waals surface area (Å²) in [6.45, 7) is 3.10. The standard InChI is InChI=1S/C20H21N11O/c1-13-24-15(10-17(25-13)26-14-11-23-30(12-14)8-9-32-2)19-20(27-16-5-7-21-29-16)28-18-4-3-6-22-31(18)19/h3-7,10-12H,8-9H2,1-2H3,(H2,21,27,29)(H,24,25,26). The highest BCUT2D eigenvalue weighted by Crippen LogP contribution is 2.30. The van der Waals surface area contributed by atoms with E-state index in [0.717, 1.165) is 5.69 Å². The molecule has 0 aliphatic rings. The van der Waals surface area contributed by atoms with E-state index in [1.54, 1.807) is 30.2 Å². The minimum Gasteiger partial charge on any atom is -0.383 e. The number of aromatic amines is 1. The summed E-state index contributed by atoms with van der Waals surface area (Å²) < 4.78 is 8.65. The largest absolute Gasteiger partial charge is 0.383 e. The van der Waals surface area contributed by atoms with Gasteiger partial charge in [0.25, 0.3) is 0 Å². The molecule has 3 N–H and O–H groups in total. The zero-order chi connectivity index (χ0) is 21.9. The van der Waals surface area contributed by atoms with Crippen LogP contribution in [0.1, 0.15) is 5.82 Å². The van der Waals surface area contributed by atoms with Crippen molar-refractivity contribution >= 4 is 28.8 Å². The van der Waals surface area contributed by atoms with E-state index < -0.39 is 0 Å². The normalized spacial score (nSPS) is 11.2. The van der Waals surface area contributed by atoms with E-state index in [-0.39, 0.29) is 0 Å². The van der Waals surface area contributed by atoms with Gasteiger partial charge in [-0.1, -0.05) is 0 Å². The third kappa shape index (κ3) is 3.98. The van der Waals surface area contributed by atoms with E-state index in [9.17, 15) is 0 Å². The number of hydrogen-bond acceptors (Lipinski definition) is 9. The Morgan fingerprint density at radius 3 is 2.88 bits per heavy atom. The topological polar surface area (TPSA) is 136 Å². The number of methoxy groups -OCH3 is 1. The number of H-pyrrole nitrogens is 1. The lowest BCUT2D eigenvalue weighted by Crippen LogP contribution is -2.04. The van der Waals surface area contributed by atoms with E-state index in [4.69, 9.17) is 4.74 Å². The van der Waals surface area contributed by atoms with Crippen LogP contribution in [0.25, 0.3) is 17.0 Å². The molecule has 12 heteroatoms. The Morgan fingerprint density at radius 1 is 1.09 bits per heavy atom. The fourth-order valence-electron chi connectivity index (χ4n) is 3.29. The Hall–Kier alpha value is -4.32. The molecule has 0 spiro atoms. The Morgan fingerprint density at radius 2 is 2.03 bits per heavy atom. The van der Waals surface area contributed by atoms with Crippen LogP contribution in [0, 0.1) is 6.92 Å². The van der Waals surface area contributed by atoms with Crippen LogP contribution in [0.4, 0.5) is 23.1 Å². The Labute approximate surface area is 182 Å². The molecule has 0 fully saturated rings. The van der Waals surface area contributed by atoms with Gasteiger partial charge in [-0.05, 0) is 19.1 Å². The minimum absolute atomic E-state index is 0.589. The molecule has 32 heavy (non-hydrogen) atoms. The van der Waals surface area contributed by atoms with Crippen molar-refractivity contribution in [2.45, 2.75) is 13.5 Å². The molecule has 0 aliphatic carbocycles. The third-order valence-corrected chi connectivity index (χ3v) is 4.66. The number of ether oxygens (including phenoxy) is 1. The first kappa shape index (κ1) is 19.6. The summed E-state index contributed by atoms with van der Waals surface area (Å²) in [5, 5.41) is 22.2. The van der Waals surface area contributed by atoms with Gasteiger partial charge < -0.3 is 15.4 Å². The van der Waals surface area contributed by atoms with E-state index in [1.165, 1.54) is 0 Å². The smallest absolute Gasteiger partial charge is 0.162 e. The van der Waals surface area contributed by atoms with Crippen molar-refractivity contribution < 1.29 is 4.74 Å². The second-order valence-electron chi connectivity index (χ2n) is 6.99. The van der Waals surface area contributed by atoms with E-state index in [2.05, 4.69) is 46.0 Å². The van der Waals surface area contributed by atoms with Crippen LogP contribution >= 0.6 is 0 Å².